The maximum absolute atomic E-state index is 12.1. The van der Waals surface area contributed by atoms with Gasteiger partial charge in [0.25, 0.3) is 6.43 Å². The summed E-state index contributed by atoms with van der Waals surface area (Å²) in [6.45, 7) is 0.685. The van der Waals surface area contributed by atoms with Gasteiger partial charge in [0.1, 0.15) is 0 Å². The second kappa shape index (κ2) is 6.38. The SMILES string of the molecule is CNC1CCCC1CCN(C)CC(F)F. The summed E-state index contributed by atoms with van der Waals surface area (Å²) >= 11 is 0. The molecule has 1 saturated carbocycles. The minimum atomic E-state index is -2.21. The van der Waals surface area contributed by atoms with E-state index < -0.39 is 6.43 Å². The number of hydrogen-bond donors (Lipinski definition) is 1. The van der Waals surface area contributed by atoms with Gasteiger partial charge in [0.05, 0.1) is 6.54 Å². The molecule has 0 saturated heterocycles. The van der Waals surface area contributed by atoms with E-state index in [1.165, 1.54) is 19.3 Å². The third-order valence-corrected chi connectivity index (χ3v) is 3.36. The van der Waals surface area contributed by atoms with Crippen LogP contribution in [0.3, 0.4) is 0 Å². The number of rotatable bonds is 6. The van der Waals surface area contributed by atoms with Crippen molar-refractivity contribution in [2.24, 2.45) is 5.92 Å². The van der Waals surface area contributed by atoms with Crippen molar-refractivity contribution in [3.63, 3.8) is 0 Å². The van der Waals surface area contributed by atoms with Crippen LogP contribution in [-0.4, -0.2) is 44.6 Å². The van der Waals surface area contributed by atoms with Gasteiger partial charge in [-0.2, -0.15) is 0 Å². The van der Waals surface area contributed by atoms with Crippen LogP contribution in [0.25, 0.3) is 0 Å². The monoisotopic (exact) mass is 220 g/mol. The van der Waals surface area contributed by atoms with Crippen LogP contribution in [0, 0.1) is 5.92 Å². The molecule has 0 heterocycles. The topological polar surface area (TPSA) is 15.3 Å². The fourth-order valence-electron chi connectivity index (χ4n) is 2.48. The van der Waals surface area contributed by atoms with E-state index in [0.717, 1.165) is 13.0 Å². The lowest BCUT2D eigenvalue weighted by Crippen LogP contribution is -2.32. The molecular formula is C11H22F2N2. The lowest BCUT2D eigenvalue weighted by atomic mass is 9.99. The Balaban J connectivity index is 2.18. The quantitative estimate of drug-likeness (QED) is 0.736. The Hall–Kier alpha value is -0.220. The van der Waals surface area contributed by atoms with Gasteiger partial charge >= 0.3 is 0 Å². The molecule has 1 rings (SSSR count). The van der Waals surface area contributed by atoms with Gasteiger partial charge in [-0.05, 0) is 45.8 Å². The molecule has 0 bridgehead atoms. The number of hydrogen-bond acceptors (Lipinski definition) is 2. The van der Waals surface area contributed by atoms with Crippen molar-refractivity contribution in [2.45, 2.75) is 38.2 Å². The van der Waals surface area contributed by atoms with E-state index in [1.807, 2.05) is 7.05 Å². The van der Waals surface area contributed by atoms with Crippen molar-refractivity contribution in [3.8, 4) is 0 Å². The summed E-state index contributed by atoms with van der Waals surface area (Å²) in [7, 11) is 3.77. The molecule has 2 unspecified atom stereocenters. The van der Waals surface area contributed by atoms with E-state index in [2.05, 4.69) is 5.32 Å². The Morgan fingerprint density at radius 3 is 2.73 bits per heavy atom. The maximum atomic E-state index is 12.1. The predicted molar refractivity (Wildman–Crippen MR) is 58.3 cm³/mol. The third kappa shape index (κ3) is 4.43. The molecule has 15 heavy (non-hydrogen) atoms. The fraction of sp³-hybridized carbons (Fsp3) is 1.00. The Labute approximate surface area is 91.0 Å². The van der Waals surface area contributed by atoms with Crippen LogP contribution in [0.15, 0.2) is 0 Å². The average Bonchev–Trinajstić information content (AvgIpc) is 2.60. The molecule has 2 atom stereocenters. The number of nitrogens with zero attached hydrogens (tertiary/aromatic N) is 1. The first-order chi connectivity index (χ1) is 7.13. The smallest absolute Gasteiger partial charge is 0.251 e. The minimum Gasteiger partial charge on any atom is -0.317 e. The van der Waals surface area contributed by atoms with E-state index in [0.29, 0.717) is 12.0 Å². The molecular weight excluding hydrogens is 198 g/mol. The zero-order valence-electron chi connectivity index (χ0n) is 9.68. The summed E-state index contributed by atoms with van der Waals surface area (Å²) in [6, 6.07) is 0.602. The van der Waals surface area contributed by atoms with E-state index in [-0.39, 0.29) is 6.54 Å². The molecule has 0 aromatic carbocycles. The van der Waals surface area contributed by atoms with E-state index in [4.69, 9.17) is 0 Å². The molecule has 90 valence electrons. The van der Waals surface area contributed by atoms with Crippen molar-refractivity contribution in [1.82, 2.24) is 10.2 Å². The van der Waals surface area contributed by atoms with Crippen LogP contribution in [0.4, 0.5) is 8.78 Å². The number of nitrogens with one attached hydrogen (secondary N) is 1. The highest BCUT2D eigenvalue weighted by molar-refractivity contribution is 4.82. The first-order valence-electron chi connectivity index (χ1n) is 5.77. The maximum Gasteiger partial charge on any atom is 0.251 e. The van der Waals surface area contributed by atoms with E-state index in [1.54, 1.807) is 11.9 Å². The highest BCUT2D eigenvalue weighted by atomic mass is 19.3. The van der Waals surface area contributed by atoms with Crippen molar-refractivity contribution in [3.05, 3.63) is 0 Å². The van der Waals surface area contributed by atoms with Gasteiger partial charge in [0.15, 0.2) is 0 Å². The summed E-state index contributed by atoms with van der Waals surface area (Å²) in [5.41, 5.74) is 0. The van der Waals surface area contributed by atoms with Crippen LogP contribution >= 0.6 is 0 Å². The van der Waals surface area contributed by atoms with Gasteiger partial charge in [0, 0.05) is 6.04 Å². The lowest BCUT2D eigenvalue weighted by molar-refractivity contribution is 0.0972. The largest absolute Gasteiger partial charge is 0.317 e. The molecule has 0 radical (unpaired) electrons. The van der Waals surface area contributed by atoms with E-state index in [9.17, 15) is 8.78 Å². The standard InChI is InChI=1S/C11H22F2N2/c1-14-10-5-3-4-9(10)6-7-15(2)8-11(12)13/h9-11,14H,3-8H2,1-2H3. The summed E-state index contributed by atoms with van der Waals surface area (Å²) in [5.74, 6) is 0.676. The van der Waals surface area contributed by atoms with Crippen LogP contribution in [0.1, 0.15) is 25.7 Å². The van der Waals surface area contributed by atoms with Gasteiger partial charge in [-0.1, -0.05) is 6.42 Å². The zero-order valence-corrected chi connectivity index (χ0v) is 9.68. The molecule has 0 aromatic heterocycles. The van der Waals surface area contributed by atoms with Gasteiger partial charge < -0.3 is 10.2 Å². The summed E-state index contributed by atoms with van der Waals surface area (Å²) in [5, 5.41) is 3.31. The average molecular weight is 220 g/mol. The second-order valence-electron chi connectivity index (χ2n) is 4.53. The zero-order chi connectivity index (χ0) is 11.3. The Morgan fingerprint density at radius 2 is 2.13 bits per heavy atom. The van der Waals surface area contributed by atoms with Crippen molar-refractivity contribution in [2.75, 3.05) is 27.2 Å². The van der Waals surface area contributed by atoms with Crippen molar-refractivity contribution in [1.29, 1.82) is 0 Å². The molecule has 0 aromatic rings. The van der Waals surface area contributed by atoms with Crippen LogP contribution < -0.4 is 5.32 Å². The molecule has 1 N–H and O–H groups in total. The minimum absolute atomic E-state index is 0.100. The van der Waals surface area contributed by atoms with Gasteiger partial charge in [-0.15, -0.1) is 0 Å². The Bertz CT molecular complexity index is 176. The molecule has 1 fully saturated rings. The molecule has 0 aliphatic heterocycles. The molecule has 1 aliphatic rings. The number of alkyl halides is 2. The molecule has 2 nitrogen and oxygen atoms in total. The third-order valence-electron chi connectivity index (χ3n) is 3.36. The highest BCUT2D eigenvalue weighted by Gasteiger charge is 2.25. The van der Waals surface area contributed by atoms with Crippen LogP contribution in [0.5, 0.6) is 0 Å². The van der Waals surface area contributed by atoms with Gasteiger partial charge in [0.2, 0.25) is 0 Å². The molecule has 1 aliphatic carbocycles. The number of halogens is 2. The second-order valence-corrected chi connectivity index (χ2v) is 4.53. The summed E-state index contributed by atoms with van der Waals surface area (Å²) < 4.78 is 24.1. The molecule has 4 heteroatoms. The fourth-order valence-corrected chi connectivity index (χ4v) is 2.48. The van der Waals surface area contributed by atoms with E-state index >= 15 is 0 Å². The lowest BCUT2D eigenvalue weighted by Gasteiger charge is -2.22. The Kier molecular flexibility index (Phi) is 5.47. The Morgan fingerprint density at radius 1 is 1.40 bits per heavy atom. The molecule has 0 spiro atoms. The normalized spacial score (nSPS) is 26.8. The first-order valence-corrected chi connectivity index (χ1v) is 5.77. The summed E-state index contributed by atoms with van der Waals surface area (Å²) in [4.78, 5) is 1.73. The first kappa shape index (κ1) is 12.8. The van der Waals surface area contributed by atoms with Crippen LogP contribution in [0.2, 0.25) is 0 Å². The highest BCUT2D eigenvalue weighted by Crippen LogP contribution is 2.28. The van der Waals surface area contributed by atoms with Gasteiger partial charge in [-0.25, -0.2) is 8.78 Å². The van der Waals surface area contributed by atoms with Crippen molar-refractivity contribution < 1.29 is 8.78 Å². The van der Waals surface area contributed by atoms with Gasteiger partial charge in [-0.3, -0.25) is 0 Å². The van der Waals surface area contributed by atoms with Crippen LogP contribution in [-0.2, 0) is 0 Å². The van der Waals surface area contributed by atoms with Crippen molar-refractivity contribution >= 4 is 0 Å². The molecule has 0 amide bonds. The predicted octanol–water partition coefficient (Wildman–Crippen LogP) is 1.96. The summed E-state index contributed by atoms with van der Waals surface area (Å²) in [6.07, 6.45) is 2.58.